The van der Waals surface area contributed by atoms with Crippen LogP contribution >= 0.6 is 23.7 Å². The van der Waals surface area contributed by atoms with Crippen LogP contribution < -0.4 is 9.64 Å². The number of hydrogen-bond acceptors (Lipinski definition) is 7. The fourth-order valence-corrected chi connectivity index (χ4v) is 5.38. The number of benzene rings is 2. The molecule has 2 aromatic carbocycles. The van der Waals surface area contributed by atoms with Crippen LogP contribution in [-0.2, 0) is 21.1 Å². The summed E-state index contributed by atoms with van der Waals surface area (Å²) in [6.07, 6.45) is 0.831. The molecule has 32 heavy (non-hydrogen) atoms. The molecule has 0 aliphatic heterocycles. The van der Waals surface area contributed by atoms with Gasteiger partial charge in [-0.2, -0.15) is 0 Å². The number of aryl methyl sites for hydroxylation is 1. The molecule has 10 heteroatoms. The summed E-state index contributed by atoms with van der Waals surface area (Å²) in [5, 5.41) is 0.521. The van der Waals surface area contributed by atoms with Crippen molar-refractivity contribution in [3.05, 3.63) is 48.0 Å². The number of aromatic nitrogens is 1. The molecule has 0 radical (unpaired) electrons. The largest absolute Gasteiger partial charge is 0.497 e. The predicted molar refractivity (Wildman–Crippen MR) is 132 cm³/mol. The molecule has 174 valence electrons. The summed E-state index contributed by atoms with van der Waals surface area (Å²) in [6.45, 7) is 3.00. The Hall–Kier alpha value is -2.20. The van der Waals surface area contributed by atoms with E-state index in [1.165, 1.54) is 35.5 Å². The van der Waals surface area contributed by atoms with Gasteiger partial charge in [0.15, 0.2) is 15.0 Å². The Morgan fingerprint density at radius 3 is 2.38 bits per heavy atom. The van der Waals surface area contributed by atoms with Crippen molar-refractivity contribution in [2.24, 2.45) is 0 Å². The van der Waals surface area contributed by atoms with Crippen molar-refractivity contribution in [1.82, 2.24) is 9.88 Å². The van der Waals surface area contributed by atoms with E-state index < -0.39 is 21.5 Å². The molecule has 0 unspecified atom stereocenters. The van der Waals surface area contributed by atoms with E-state index in [0.717, 1.165) is 22.2 Å². The number of carbonyl (C=O) groups excluding carboxylic acids is 1. The van der Waals surface area contributed by atoms with Crippen LogP contribution in [0.1, 0.15) is 12.5 Å². The quantitative estimate of drug-likeness (QED) is 0.449. The molecule has 3 aromatic rings. The van der Waals surface area contributed by atoms with Gasteiger partial charge in [0.2, 0.25) is 5.91 Å². The zero-order valence-corrected chi connectivity index (χ0v) is 21.0. The summed E-state index contributed by atoms with van der Waals surface area (Å²) in [4.78, 5) is 21.4. The highest BCUT2D eigenvalue weighted by Crippen LogP contribution is 2.31. The molecule has 1 amide bonds. The predicted octanol–water partition coefficient (Wildman–Crippen LogP) is 3.66. The topological polar surface area (TPSA) is 79.8 Å². The molecule has 0 aliphatic carbocycles. The summed E-state index contributed by atoms with van der Waals surface area (Å²) in [6, 6.07) is 12.0. The third-order valence-electron chi connectivity index (χ3n) is 4.91. The molecule has 1 heterocycles. The molecule has 1 aromatic heterocycles. The van der Waals surface area contributed by atoms with Gasteiger partial charge in [-0.15, -0.1) is 12.4 Å². The molecule has 0 atom stereocenters. The molecule has 0 N–H and O–H groups in total. The minimum absolute atomic E-state index is 0. The molecule has 0 spiro atoms. The number of halogens is 1. The van der Waals surface area contributed by atoms with E-state index in [9.17, 15) is 13.2 Å². The number of fused-ring (bicyclic) bond motifs is 1. The van der Waals surface area contributed by atoms with Crippen molar-refractivity contribution in [1.29, 1.82) is 0 Å². The number of methoxy groups -OCH3 is 1. The highest BCUT2D eigenvalue weighted by Gasteiger charge is 2.27. The second-order valence-corrected chi connectivity index (χ2v) is 10.4. The molecule has 0 fully saturated rings. The number of ether oxygens (including phenoxy) is 1. The van der Waals surface area contributed by atoms with Crippen molar-refractivity contribution < 1.29 is 17.9 Å². The molecule has 0 saturated heterocycles. The SMILES string of the molecule is CCc1cccc2sc(N(CCN(C)C)C(=O)CS(=O)(=O)c3ccc(OC)cc3)nc12.Cl. The molecule has 0 saturated carbocycles. The van der Waals surface area contributed by atoms with Crippen LogP contribution in [0.15, 0.2) is 47.4 Å². The van der Waals surface area contributed by atoms with Gasteiger partial charge in [0, 0.05) is 13.1 Å². The van der Waals surface area contributed by atoms with E-state index in [1.807, 2.05) is 37.2 Å². The van der Waals surface area contributed by atoms with E-state index in [4.69, 9.17) is 9.72 Å². The lowest BCUT2D eigenvalue weighted by Crippen LogP contribution is -2.40. The number of hydrogen-bond donors (Lipinski definition) is 0. The maximum absolute atomic E-state index is 13.2. The van der Waals surface area contributed by atoms with Crippen molar-refractivity contribution in [3.8, 4) is 5.75 Å². The Balaban J connectivity index is 0.00000363. The van der Waals surface area contributed by atoms with Gasteiger partial charge in [0.25, 0.3) is 0 Å². The fourth-order valence-electron chi connectivity index (χ4n) is 3.13. The normalized spacial score (nSPS) is 11.4. The Kier molecular flexibility index (Phi) is 9.03. The Bertz CT molecular complexity index is 1160. The number of sulfone groups is 1. The maximum atomic E-state index is 13.2. The minimum atomic E-state index is -3.80. The van der Waals surface area contributed by atoms with Crippen LogP contribution in [-0.4, -0.2) is 64.3 Å². The lowest BCUT2D eigenvalue weighted by Gasteiger charge is -2.22. The Morgan fingerprint density at radius 1 is 1.09 bits per heavy atom. The lowest BCUT2D eigenvalue weighted by molar-refractivity contribution is -0.116. The Morgan fingerprint density at radius 2 is 1.78 bits per heavy atom. The van der Waals surface area contributed by atoms with E-state index in [0.29, 0.717) is 24.0 Å². The number of amides is 1. The number of anilines is 1. The average Bonchev–Trinajstić information content (AvgIpc) is 3.17. The van der Waals surface area contributed by atoms with Gasteiger partial charge in [-0.25, -0.2) is 13.4 Å². The summed E-state index contributed by atoms with van der Waals surface area (Å²) in [5.41, 5.74) is 1.97. The van der Waals surface area contributed by atoms with Crippen molar-refractivity contribution in [3.63, 3.8) is 0 Å². The molecule has 0 aliphatic rings. The standard InChI is InChI=1S/C22H27N3O4S2.ClH/c1-5-16-7-6-8-19-21(16)23-22(30-19)25(14-13-24(2)3)20(26)15-31(27,28)18-11-9-17(29-4)10-12-18;/h6-12H,5,13-15H2,1-4H3;1H. The van der Waals surface area contributed by atoms with Gasteiger partial charge in [-0.05, 0) is 56.4 Å². The first-order valence-electron chi connectivity index (χ1n) is 9.95. The molecular formula is C22H28ClN3O4S2. The van der Waals surface area contributed by atoms with Crippen molar-refractivity contribution in [2.45, 2.75) is 18.2 Å². The molecule has 7 nitrogen and oxygen atoms in total. The summed E-state index contributed by atoms with van der Waals surface area (Å²) in [5.74, 6) is -0.558. The van der Waals surface area contributed by atoms with Crippen LogP contribution in [0, 0.1) is 0 Å². The van der Waals surface area contributed by atoms with Gasteiger partial charge in [-0.3, -0.25) is 9.69 Å². The van der Waals surface area contributed by atoms with Crippen LogP contribution in [0.25, 0.3) is 10.2 Å². The van der Waals surface area contributed by atoms with Gasteiger partial charge >= 0.3 is 0 Å². The number of carbonyl (C=O) groups is 1. The zero-order chi connectivity index (χ0) is 22.6. The summed E-state index contributed by atoms with van der Waals surface area (Å²) < 4.78 is 31.8. The smallest absolute Gasteiger partial charge is 0.244 e. The number of rotatable bonds is 9. The maximum Gasteiger partial charge on any atom is 0.244 e. The van der Waals surface area contributed by atoms with E-state index in [-0.39, 0.29) is 17.3 Å². The Labute approximate surface area is 199 Å². The van der Waals surface area contributed by atoms with Gasteiger partial charge in [0.1, 0.15) is 11.5 Å². The summed E-state index contributed by atoms with van der Waals surface area (Å²) >= 11 is 1.41. The minimum Gasteiger partial charge on any atom is -0.497 e. The van der Waals surface area contributed by atoms with Gasteiger partial charge < -0.3 is 9.64 Å². The van der Waals surface area contributed by atoms with Crippen molar-refractivity contribution in [2.75, 3.05) is 44.9 Å². The molecule has 3 rings (SSSR count). The molecule has 0 bridgehead atoms. The number of likely N-dealkylation sites (N-methyl/N-ethyl adjacent to an activating group) is 1. The number of thiazole rings is 1. The third kappa shape index (κ3) is 5.98. The highest BCUT2D eigenvalue weighted by molar-refractivity contribution is 7.92. The first kappa shape index (κ1) is 26.1. The second kappa shape index (κ2) is 11.1. The summed E-state index contributed by atoms with van der Waals surface area (Å²) in [7, 11) is 1.52. The van der Waals surface area contributed by atoms with Crippen molar-refractivity contribution >= 4 is 54.8 Å². The average molecular weight is 498 g/mol. The van der Waals surface area contributed by atoms with Crippen LogP contribution in [0.3, 0.4) is 0 Å². The zero-order valence-electron chi connectivity index (χ0n) is 18.6. The first-order valence-corrected chi connectivity index (χ1v) is 12.4. The lowest BCUT2D eigenvalue weighted by atomic mass is 10.1. The molecular weight excluding hydrogens is 470 g/mol. The third-order valence-corrected chi connectivity index (χ3v) is 7.57. The van der Waals surface area contributed by atoms with Crippen LogP contribution in [0.4, 0.5) is 5.13 Å². The van der Waals surface area contributed by atoms with E-state index >= 15 is 0 Å². The van der Waals surface area contributed by atoms with E-state index in [1.54, 1.807) is 12.1 Å². The first-order chi connectivity index (χ1) is 14.7. The van der Waals surface area contributed by atoms with Gasteiger partial charge in [-0.1, -0.05) is 30.4 Å². The monoisotopic (exact) mass is 497 g/mol. The van der Waals surface area contributed by atoms with Crippen LogP contribution in [0.5, 0.6) is 5.75 Å². The fraction of sp³-hybridized carbons (Fsp3) is 0.364. The van der Waals surface area contributed by atoms with E-state index in [2.05, 4.69) is 6.92 Å². The highest BCUT2D eigenvalue weighted by atomic mass is 35.5. The number of para-hydroxylation sites is 1. The number of nitrogens with zero attached hydrogens (tertiary/aromatic N) is 3. The second-order valence-electron chi connectivity index (χ2n) is 7.40. The van der Waals surface area contributed by atoms with Gasteiger partial charge in [0.05, 0.1) is 22.2 Å². The van der Waals surface area contributed by atoms with Crippen LogP contribution in [0.2, 0.25) is 0 Å².